The topological polar surface area (TPSA) is 29.5 Å². The van der Waals surface area contributed by atoms with E-state index < -0.39 is 5.60 Å². The zero-order valence-corrected chi connectivity index (χ0v) is 8.16. The Morgan fingerprint density at radius 1 is 1.31 bits per heavy atom. The van der Waals surface area contributed by atoms with Crippen LogP contribution in [0.2, 0.25) is 0 Å². The number of benzene rings is 1. The second-order valence-electron chi connectivity index (χ2n) is 3.45. The lowest BCUT2D eigenvalue weighted by atomic mass is 10.1. The van der Waals surface area contributed by atoms with Gasteiger partial charge in [-0.3, -0.25) is 0 Å². The first kappa shape index (κ1) is 10.1. The first-order valence-electron chi connectivity index (χ1n) is 4.54. The summed E-state index contributed by atoms with van der Waals surface area (Å²) in [5, 5.41) is 9.66. The summed E-state index contributed by atoms with van der Waals surface area (Å²) in [4.78, 5) is 0. The molecule has 0 aromatic heterocycles. The molecule has 0 amide bonds. The Balaban J connectivity index is 2.44. The molecule has 1 rings (SSSR count). The van der Waals surface area contributed by atoms with E-state index in [0.29, 0.717) is 13.0 Å². The third-order valence-corrected chi connectivity index (χ3v) is 2.05. The van der Waals surface area contributed by atoms with Crippen molar-refractivity contribution in [3.05, 3.63) is 30.3 Å². The van der Waals surface area contributed by atoms with Crippen LogP contribution < -0.4 is 4.74 Å². The van der Waals surface area contributed by atoms with Crippen LogP contribution >= 0.6 is 0 Å². The summed E-state index contributed by atoms with van der Waals surface area (Å²) in [6, 6.07) is 9.52. The van der Waals surface area contributed by atoms with Crippen molar-refractivity contribution in [2.45, 2.75) is 25.9 Å². The van der Waals surface area contributed by atoms with Gasteiger partial charge in [0.25, 0.3) is 0 Å². The maximum Gasteiger partial charge on any atom is 0.119 e. The highest BCUT2D eigenvalue weighted by atomic mass is 16.5. The van der Waals surface area contributed by atoms with Crippen molar-refractivity contribution in [3.8, 4) is 5.75 Å². The molecule has 0 aliphatic rings. The lowest BCUT2D eigenvalue weighted by Gasteiger charge is -2.21. The highest BCUT2D eigenvalue weighted by Crippen LogP contribution is 2.13. The van der Waals surface area contributed by atoms with Gasteiger partial charge in [0.05, 0.1) is 5.60 Å². The van der Waals surface area contributed by atoms with E-state index >= 15 is 0 Å². The molecular weight excluding hydrogens is 164 g/mol. The number of hydrogen-bond acceptors (Lipinski definition) is 2. The Bertz CT molecular complexity index is 242. The highest BCUT2D eigenvalue weighted by molar-refractivity contribution is 5.20. The number of rotatable bonds is 4. The Hall–Kier alpha value is -1.02. The van der Waals surface area contributed by atoms with Gasteiger partial charge in [0.2, 0.25) is 0 Å². The second kappa shape index (κ2) is 4.28. The number of para-hydroxylation sites is 1. The molecule has 1 N–H and O–H groups in total. The zero-order chi connectivity index (χ0) is 9.73. The third-order valence-electron chi connectivity index (χ3n) is 2.05. The van der Waals surface area contributed by atoms with Gasteiger partial charge in [0.15, 0.2) is 0 Å². The van der Waals surface area contributed by atoms with Gasteiger partial charge in [-0.1, -0.05) is 25.1 Å². The van der Waals surface area contributed by atoms with E-state index in [-0.39, 0.29) is 0 Å². The fourth-order valence-electron chi connectivity index (χ4n) is 0.858. The monoisotopic (exact) mass is 180 g/mol. The van der Waals surface area contributed by atoms with Crippen molar-refractivity contribution in [2.75, 3.05) is 6.61 Å². The highest BCUT2D eigenvalue weighted by Gasteiger charge is 2.17. The number of hydrogen-bond donors (Lipinski definition) is 1. The molecule has 1 aromatic carbocycles. The van der Waals surface area contributed by atoms with E-state index in [4.69, 9.17) is 4.74 Å². The lowest BCUT2D eigenvalue weighted by molar-refractivity contribution is 0.00847. The van der Waals surface area contributed by atoms with Crippen LogP contribution in [0.4, 0.5) is 0 Å². The standard InChI is InChI=1S/C11H16O2/c1-3-11(2,12)9-13-10-7-5-4-6-8-10/h4-8,12H,3,9H2,1-2H3. The van der Waals surface area contributed by atoms with E-state index in [0.717, 1.165) is 5.75 Å². The smallest absolute Gasteiger partial charge is 0.119 e. The van der Waals surface area contributed by atoms with Gasteiger partial charge < -0.3 is 9.84 Å². The van der Waals surface area contributed by atoms with Gasteiger partial charge in [0, 0.05) is 0 Å². The molecule has 13 heavy (non-hydrogen) atoms. The normalized spacial score (nSPS) is 15.0. The summed E-state index contributed by atoms with van der Waals surface area (Å²) in [5.74, 6) is 0.802. The maximum absolute atomic E-state index is 9.66. The summed E-state index contributed by atoms with van der Waals surface area (Å²) >= 11 is 0. The Morgan fingerprint density at radius 2 is 1.92 bits per heavy atom. The van der Waals surface area contributed by atoms with Gasteiger partial charge in [-0.15, -0.1) is 0 Å². The van der Waals surface area contributed by atoms with Crippen molar-refractivity contribution >= 4 is 0 Å². The third kappa shape index (κ3) is 3.47. The molecule has 0 aliphatic carbocycles. The molecule has 0 bridgehead atoms. The van der Waals surface area contributed by atoms with E-state index in [9.17, 15) is 5.11 Å². The molecule has 72 valence electrons. The first-order chi connectivity index (χ1) is 6.14. The Morgan fingerprint density at radius 3 is 2.46 bits per heavy atom. The molecule has 1 aromatic rings. The van der Waals surface area contributed by atoms with E-state index in [1.54, 1.807) is 6.92 Å². The number of aliphatic hydroxyl groups is 1. The minimum Gasteiger partial charge on any atom is -0.491 e. The fourth-order valence-corrected chi connectivity index (χ4v) is 0.858. The van der Waals surface area contributed by atoms with Gasteiger partial charge in [-0.2, -0.15) is 0 Å². The Labute approximate surface area is 79.2 Å². The molecule has 0 saturated heterocycles. The maximum atomic E-state index is 9.66. The summed E-state index contributed by atoms with van der Waals surface area (Å²) < 4.78 is 5.41. The molecule has 1 unspecified atom stereocenters. The zero-order valence-electron chi connectivity index (χ0n) is 8.16. The SMILES string of the molecule is CCC(C)(O)COc1ccccc1. The molecule has 0 radical (unpaired) electrons. The molecule has 0 saturated carbocycles. The van der Waals surface area contributed by atoms with Crippen LogP contribution in [0.5, 0.6) is 5.75 Å². The Kier molecular flexibility index (Phi) is 3.32. The van der Waals surface area contributed by atoms with Crippen LogP contribution in [0.1, 0.15) is 20.3 Å². The molecule has 0 heterocycles. The van der Waals surface area contributed by atoms with Crippen molar-refractivity contribution in [3.63, 3.8) is 0 Å². The van der Waals surface area contributed by atoms with E-state index in [2.05, 4.69) is 0 Å². The van der Waals surface area contributed by atoms with Gasteiger partial charge in [-0.05, 0) is 25.5 Å². The average Bonchev–Trinajstić information content (AvgIpc) is 2.17. The van der Waals surface area contributed by atoms with Crippen LogP contribution in [0.3, 0.4) is 0 Å². The molecule has 0 aliphatic heterocycles. The molecule has 2 heteroatoms. The predicted octanol–water partition coefficient (Wildman–Crippen LogP) is 2.23. The van der Waals surface area contributed by atoms with E-state index in [1.807, 2.05) is 37.3 Å². The average molecular weight is 180 g/mol. The second-order valence-corrected chi connectivity index (χ2v) is 3.45. The number of ether oxygens (including phenoxy) is 1. The molecular formula is C11H16O2. The molecule has 2 nitrogen and oxygen atoms in total. The van der Waals surface area contributed by atoms with Crippen molar-refractivity contribution in [2.24, 2.45) is 0 Å². The summed E-state index contributed by atoms with van der Waals surface area (Å²) in [6.07, 6.45) is 0.694. The fraction of sp³-hybridized carbons (Fsp3) is 0.455. The summed E-state index contributed by atoms with van der Waals surface area (Å²) in [6.45, 7) is 4.05. The van der Waals surface area contributed by atoms with Crippen molar-refractivity contribution < 1.29 is 9.84 Å². The van der Waals surface area contributed by atoms with Crippen LogP contribution in [0.25, 0.3) is 0 Å². The minimum absolute atomic E-state index is 0.341. The van der Waals surface area contributed by atoms with Crippen molar-refractivity contribution in [1.29, 1.82) is 0 Å². The molecule has 0 fully saturated rings. The van der Waals surface area contributed by atoms with Crippen LogP contribution in [0, 0.1) is 0 Å². The van der Waals surface area contributed by atoms with Gasteiger partial charge in [-0.25, -0.2) is 0 Å². The van der Waals surface area contributed by atoms with Crippen LogP contribution in [0.15, 0.2) is 30.3 Å². The molecule has 0 spiro atoms. The van der Waals surface area contributed by atoms with Gasteiger partial charge in [0.1, 0.15) is 12.4 Å². The van der Waals surface area contributed by atoms with Crippen LogP contribution in [-0.4, -0.2) is 17.3 Å². The predicted molar refractivity (Wildman–Crippen MR) is 52.9 cm³/mol. The largest absolute Gasteiger partial charge is 0.491 e. The van der Waals surface area contributed by atoms with Gasteiger partial charge >= 0.3 is 0 Å². The minimum atomic E-state index is -0.726. The van der Waals surface area contributed by atoms with Crippen molar-refractivity contribution in [1.82, 2.24) is 0 Å². The molecule has 1 atom stereocenters. The van der Waals surface area contributed by atoms with Crippen LogP contribution in [-0.2, 0) is 0 Å². The quantitative estimate of drug-likeness (QED) is 0.770. The summed E-state index contributed by atoms with van der Waals surface area (Å²) in [5.41, 5.74) is -0.726. The lowest BCUT2D eigenvalue weighted by Crippen LogP contribution is -2.31. The first-order valence-corrected chi connectivity index (χ1v) is 4.54. The van der Waals surface area contributed by atoms with E-state index in [1.165, 1.54) is 0 Å². The summed E-state index contributed by atoms with van der Waals surface area (Å²) in [7, 11) is 0.